The van der Waals surface area contributed by atoms with Crippen molar-refractivity contribution < 1.29 is 28.4 Å². The number of hydrogen-bond donors (Lipinski definition) is 1. The van der Waals surface area contributed by atoms with Crippen LogP contribution in [0.4, 0.5) is 27.3 Å². The second-order valence-corrected chi connectivity index (χ2v) is 16.8. The van der Waals surface area contributed by atoms with Gasteiger partial charge >= 0.3 is 0 Å². The summed E-state index contributed by atoms with van der Waals surface area (Å²) in [7, 11) is 0. The minimum atomic E-state index is -1.10. The van der Waals surface area contributed by atoms with Gasteiger partial charge in [-0.1, -0.05) is 23.7 Å². The number of hydrogen-bond acceptors (Lipinski definition) is 10. The summed E-state index contributed by atoms with van der Waals surface area (Å²) in [6.07, 6.45) is 4.18. The third-order valence-corrected chi connectivity index (χ3v) is 12.8. The molecule has 0 unspecified atom stereocenters. The van der Waals surface area contributed by atoms with E-state index in [-0.39, 0.29) is 54.1 Å². The maximum Gasteiger partial charge on any atom is 0.262 e. The van der Waals surface area contributed by atoms with Crippen molar-refractivity contribution >= 4 is 64.0 Å². The first-order valence-corrected chi connectivity index (χ1v) is 20.7. The van der Waals surface area contributed by atoms with Crippen LogP contribution in [-0.4, -0.2) is 126 Å². The molecule has 6 heterocycles. The number of piperazine rings is 2. The van der Waals surface area contributed by atoms with Gasteiger partial charge in [0, 0.05) is 94.3 Å². The number of nitrogens with zero attached hydrogens (tertiary/aromatic N) is 8. The van der Waals surface area contributed by atoms with Crippen molar-refractivity contribution in [3.8, 4) is 0 Å². The van der Waals surface area contributed by atoms with E-state index in [2.05, 4.69) is 38.7 Å². The Morgan fingerprint density at radius 1 is 0.898 bits per heavy atom. The SMILES string of the molecule is [C-]#[N+]c1ccc(N2C[C@@H](C)N(C(=O)Cc3ccc(N4CCC(CN5CCN(c6cc7c(cc6F)C(=O)N([C@H]6CCC(=O)NC6=O)C7=O)CC5)CC4)nc3)C[C@@H]2C)cc1Cl. The summed E-state index contributed by atoms with van der Waals surface area (Å²) in [6, 6.07) is 11.0. The van der Waals surface area contributed by atoms with Gasteiger partial charge in [0.05, 0.1) is 29.8 Å². The normalized spacial score (nSPS) is 23.1. The number of benzene rings is 2. The zero-order valence-electron chi connectivity index (χ0n) is 33.2. The van der Waals surface area contributed by atoms with Gasteiger partial charge in [-0.2, -0.15) is 0 Å². The third kappa shape index (κ3) is 8.08. The molecule has 5 amide bonds. The average molecular weight is 824 g/mol. The van der Waals surface area contributed by atoms with Crippen molar-refractivity contribution in [3.05, 3.63) is 87.6 Å². The molecular formula is C43H47ClFN9O5. The predicted octanol–water partition coefficient (Wildman–Crippen LogP) is 4.53. The summed E-state index contributed by atoms with van der Waals surface area (Å²) < 4.78 is 15.4. The summed E-state index contributed by atoms with van der Waals surface area (Å²) in [5.74, 6) is -1.62. The fourth-order valence-electron chi connectivity index (χ4n) is 9.19. The molecule has 0 bridgehead atoms. The molecule has 59 heavy (non-hydrogen) atoms. The molecule has 16 heteroatoms. The van der Waals surface area contributed by atoms with Crippen molar-refractivity contribution in [2.24, 2.45) is 5.92 Å². The fraction of sp³-hybridized carbons (Fsp3) is 0.465. The Labute approximate surface area is 347 Å². The van der Waals surface area contributed by atoms with Gasteiger partial charge in [0.1, 0.15) is 17.7 Å². The number of rotatable bonds is 8. The van der Waals surface area contributed by atoms with Gasteiger partial charge in [0.15, 0.2) is 0 Å². The van der Waals surface area contributed by atoms with E-state index in [4.69, 9.17) is 23.2 Å². The molecule has 1 N–H and O–H groups in total. The van der Waals surface area contributed by atoms with Crippen LogP contribution in [0.3, 0.4) is 0 Å². The van der Waals surface area contributed by atoms with Crippen LogP contribution in [0.15, 0.2) is 48.7 Å². The lowest BCUT2D eigenvalue weighted by atomic mass is 9.95. The van der Waals surface area contributed by atoms with E-state index in [1.165, 1.54) is 6.07 Å². The van der Waals surface area contributed by atoms with Gasteiger partial charge in [-0.15, -0.1) is 0 Å². The molecule has 0 spiro atoms. The first-order valence-electron chi connectivity index (χ1n) is 20.3. The maximum absolute atomic E-state index is 15.4. The molecule has 5 aliphatic heterocycles. The van der Waals surface area contributed by atoms with E-state index in [0.29, 0.717) is 42.8 Å². The second-order valence-electron chi connectivity index (χ2n) is 16.4. The van der Waals surface area contributed by atoms with Gasteiger partial charge in [0.2, 0.25) is 23.4 Å². The summed E-state index contributed by atoms with van der Waals surface area (Å²) >= 11 is 6.32. The average Bonchev–Trinajstić information content (AvgIpc) is 3.46. The number of fused-ring (bicyclic) bond motifs is 1. The van der Waals surface area contributed by atoms with E-state index >= 15 is 4.39 Å². The Morgan fingerprint density at radius 2 is 1.63 bits per heavy atom. The van der Waals surface area contributed by atoms with Crippen molar-refractivity contribution in [2.75, 3.05) is 73.6 Å². The molecule has 8 rings (SSSR count). The van der Waals surface area contributed by atoms with E-state index in [1.807, 2.05) is 40.3 Å². The Morgan fingerprint density at radius 3 is 2.29 bits per heavy atom. The largest absolute Gasteiger partial charge is 0.367 e. The number of aromatic nitrogens is 1. The minimum absolute atomic E-state index is 0.00442. The van der Waals surface area contributed by atoms with Crippen LogP contribution in [0.1, 0.15) is 65.8 Å². The second kappa shape index (κ2) is 16.6. The molecule has 0 aliphatic carbocycles. The molecule has 2 aromatic carbocycles. The number of halogens is 2. The monoisotopic (exact) mass is 823 g/mol. The molecule has 1 aromatic heterocycles. The Kier molecular flexibility index (Phi) is 11.3. The zero-order valence-corrected chi connectivity index (χ0v) is 34.0. The number of piperidine rings is 2. The Balaban J connectivity index is 0.788. The van der Waals surface area contributed by atoms with Crippen LogP contribution in [0.25, 0.3) is 4.85 Å². The van der Waals surface area contributed by atoms with E-state index in [1.54, 1.807) is 6.07 Å². The highest BCUT2D eigenvalue weighted by Crippen LogP contribution is 2.35. The maximum atomic E-state index is 15.4. The van der Waals surface area contributed by atoms with E-state index in [9.17, 15) is 24.0 Å². The molecule has 5 aliphatic rings. The summed E-state index contributed by atoms with van der Waals surface area (Å²) in [6.45, 7) is 18.0. The molecule has 0 saturated carbocycles. The van der Waals surface area contributed by atoms with Crippen LogP contribution in [0.5, 0.6) is 0 Å². The standard InChI is InChI=1S/C43H47ClFN9O5/c1-26-24-53(27(2)23-52(26)30-5-6-35(46-3)33(44)19-30)40(56)18-29-4-8-38(47-22-29)51-12-10-28(11-13-51)25-49-14-16-50(17-15-49)37-21-32-31(20-34(37)45)42(58)54(43(32)59)36-7-9-39(55)48-41(36)57/h4-6,8,19-22,26-28,36H,7,9-18,23-25H2,1-2H3,(H,48,55,57)/t26-,27+,36-/m0/s1. The smallest absolute Gasteiger partial charge is 0.262 e. The lowest BCUT2D eigenvalue weighted by Gasteiger charge is -2.45. The van der Waals surface area contributed by atoms with Crippen molar-refractivity contribution in [1.82, 2.24) is 25.0 Å². The number of carbonyl (C=O) groups is 5. The van der Waals surface area contributed by atoms with Gasteiger partial charge in [-0.3, -0.25) is 39.1 Å². The van der Waals surface area contributed by atoms with Crippen LogP contribution in [0, 0.1) is 18.3 Å². The Hall–Kier alpha value is -5.59. The molecule has 3 aromatic rings. The van der Waals surface area contributed by atoms with Crippen LogP contribution in [0.2, 0.25) is 5.02 Å². The summed E-state index contributed by atoms with van der Waals surface area (Å²) in [5, 5.41) is 2.61. The van der Waals surface area contributed by atoms with Crippen molar-refractivity contribution in [3.63, 3.8) is 0 Å². The number of anilines is 3. The zero-order chi connectivity index (χ0) is 41.5. The van der Waals surface area contributed by atoms with Gasteiger partial charge < -0.3 is 19.6 Å². The molecule has 14 nitrogen and oxygen atoms in total. The number of pyridine rings is 1. The highest BCUT2D eigenvalue weighted by Gasteiger charge is 2.45. The molecule has 0 radical (unpaired) electrons. The predicted molar refractivity (Wildman–Crippen MR) is 220 cm³/mol. The lowest BCUT2D eigenvalue weighted by molar-refractivity contribution is -0.136. The topological polar surface area (TPSA) is 134 Å². The van der Waals surface area contributed by atoms with E-state index < -0.39 is 35.5 Å². The quantitative estimate of drug-likeness (QED) is 0.255. The lowest BCUT2D eigenvalue weighted by Crippen LogP contribution is -2.58. The van der Waals surface area contributed by atoms with Crippen LogP contribution >= 0.6 is 11.6 Å². The summed E-state index contributed by atoms with van der Waals surface area (Å²) in [5.41, 5.74) is 2.54. The van der Waals surface area contributed by atoms with E-state index in [0.717, 1.165) is 73.6 Å². The first-order chi connectivity index (χ1) is 28.4. The minimum Gasteiger partial charge on any atom is -0.367 e. The number of nitrogens with one attached hydrogen (secondary N) is 1. The highest BCUT2D eigenvalue weighted by molar-refractivity contribution is 6.33. The number of imide groups is 2. The highest BCUT2D eigenvalue weighted by atomic mass is 35.5. The molecule has 308 valence electrons. The summed E-state index contributed by atoms with van der Waals surface area (Å²) in [4.78, 5) is 83.8. The molecule has 4 saturated heterocycles. The van der Waals surface area contributed by atoms with Crippen molar-refractivity contribution in [2.45, 2.75) is 64.1 Å². The fourth-order valence-corrected chi connectivity index (χ4v) is 9.40. The number of carbonyl (C=O) groups excluding carboxylic acids is 5. The van der Waals surface area contributed by atoms with Crippen LogP contribution < -0.4 is 20.0 Å². The molecule has 3 atom stereocenters. The number of amides is 5. The van der Waals surface area contributed by atoms with Gasteiger partial charge in [-0.25, -0.2) is 14.2 Å². The van der Waals surface area contributed by atoms with Crippen molar-refractivity contribution in [1.29, 1.82) is 0 Å². The van der Waals surface area contributed by atoms with Gasteiger partial charge in [-0.05, 0) is 74.9 Å². The first kappa shape index (κ1) is 40.2. The Bertz CT molecular complexity index is 2220. The third-order valence-electron chi connectivity index (χ3n) is 12.5. The van der Waals surface area contributed by atoms with Gasteiger partial charge in [0.25, 0.3) is 11.8 Å². The molecular weight excluding hydrogens is 777 g/mol. The molecule has 4 fully saturated rings. The van der Waals surface area contributed by atoms with Crippen LogP contribution in [-0.2, 0) is 20.8 Å².